The molecule has 0 saturated heterocycles. The first-order chi connectivity index (χ1) is 11.0. The molecule has 0 radical (unpaired) electrons. The second kappa shape index (κ2) is 7.77. The molecule has 0 bridgehead atoms. The molecule has 1 aromatic rings. The van der Waals surface area contributed by atoms with Crippen molar-refractivity contribution < 1.29 is 14.3 Å². The first-order valence-corrected chi connectivity index (χ1v) is 8.56. The third-order valence-electron chi connectivity index (χ3n) is 4.39. The Bertz CT molecular complexity index is 543. The number of hydrogen-bond acceptors (Lipinski definition) is 4. The highest BCUT2D eigenvalue weighted by Gasteiger charge is 2.42. The zero-order valence-corrected chi connectivity index (χ0v) is 14.6. The Labute approximate surface area is 138 Å². The zero-order chi connectivity index (χ0) is 16.9. The van der Waals surface area contributed by atoms with Crippen LogP contribution < -0.4 is 10.1 Å². The fourth-order valence-electron chi connectivity index (χ4n) is 3.32. The van der Waals surface area contributed by atoms with E-state index in [2.05, 4.69) is 17.2 Å². The number of nitrogens with zero attached hydrogens (tertiary/aromatic N) is 1. The number of rotatable bonds is 6. The molecular weight excluding hydrogens is 292 g/mol. The average molecular weight is 320 g/mol. The van der Waals surface area contributed by atoms with Crippen LogP contribution in [0.1, 0.15) is 52.1 Å². The lowest BCUT2D eigenvalue weighted by atomic mass is 9.78. The van der Waals surface area contributed by atoms with Crippen molar-refractivity contribution in [2.75, 3.05) is 18.5 Å². The van der Waals surface area contributed by atoms with Gasteiger partial charge in [-0.05, 0) is 52.0 Å². The lowest BCUT2D eigenvalue weighted by Gasteiger charge is -2.38. The molecule has 1 N–H and O–H groups in total. The minimum Gasteiger partial charge on any atom is -0.478 e. The number of aromatic nitrogens is 1. The summed E-state index contributed by atoms with van der Waals surface area (Å²) in [4.78, 5) is 17.3. The van der Waals surface area contributed by atoms with Crippen molar-refractivity contribution in [2.45, 2.75) is 59.0 Å². The summed E-state index contributed by atoms with van der Waals surface area (Å²) >= 11 is 0. The molecule has 2 atom stereocenters. The van der Waals surface area contributed by atoms with E-state index in [0.29, 0.717) is 25.0 Å². The van der Waals surface area contributed by atoms with E-state index in [-0.39, 0.29) is 5.91 Å². The predicted octanol–water partition coefficient (Wildman–Crippen LogP) is 3.71. The van der Waals surface area contributed by atoms with Crippen molar-refractivity contribution >= 4 is 11.6 Å². The van der Waals surface area contributed by atoms with Gasteiger partial charge in [0.2, 0.25) is 5.88 Å². The standard InChI is InChI=1S/C18H28N2O3/c1-5-22-16-10-9-15(14(4)19-16)20-17(21)18(23-6-2)11-7-8-13(3)12-18/h9-10,13H,5-8,11-12H2,1-4H3,(H,20,21)/t13-,18-/m1/s1. The maximum absolute atomic E-state index is 12.9. The van der Waals surface area contributed by atoms with Crippen LogP contribution in [-0.4, -0.2) is 29.7 Å². The molecule has 1 aromatic heterocycles. The van der Waals surface area contributed by atoms with Gasteiger partial charge in [-0.3, -0.25) is 4.79 Å². The van der Waals surface area contributed by atoms with Gasteiger partial charge in [0.1, 0.15) is 5.60 Å². The Morgan fingerprint density at radius 3 is 2.78 bits per heavy atom. The van der Waals surface area contributed by atoms with Crippen LogP contribution in [0.15, 0.2) is 12.1 Å². The highest BCUT2D eigenvalue weighted by Crippen LogP contribution is 2.36. The second-order valence-electron chi connectivity index (χ2n) is 6.30. The smallest absolute Gasteiger partial charge is 0.256 e. The molecule has 128 valence electrons. The van der Waals surface area contributed by atoms with Crippen LogP contribution in [0.3, 0.4) is 0 Å². The van der Waals surface area contributed by atoms with E-state index in [1.165, 1.54) is 0 Å². The molecule has 1 aliphatic rings. The Hall–Kier alpha value is -1.62. The zero-order valence-electron chi connectivity index (χ0n) is 14.6. The highest BCUT2D eigenvalue weighted by molar-refractivity contribution is 5.97. The molecule has 1 aliphatic carbocycles. The molecule has 23 heavy (non-hydrogen) atoms. The number of carbonyl (C=O) groups excluding carboxylic acids is 1. The lowest BCUT2D eigenvalue weighted by Crippen LogP contribution is -2.48. The van der Waals surface area contributed by atoms with Crippen LogP contribution in [-0.2, 0) is 9.53 Å². The fraction of sp³-hybridized carbons (Fsp3) is 0.667. The highest BCUT2D eigenvalue weighted by atomic mass is 16.5. The van der Waals surface area contributed by atoms with Gasteiger partial charge in [-0.15, -0.1) is 0 Å². The minimum atomic E-state index is -0.711. The molecule has 1 fully saturated rings. The summed E-state index contributed by atoms with van der Waals surface area (Å²) in [6.45, 7) is 9.03. The van der Waals surface area contributed by atoms with Crippen molar-refractivity contribution in [3.8, 4) is 5.88 Å². The molecule has 1 saturated carbocycles. The Balaban J connectivity index is 2.15. The SMILES string of the molecule is CCOc1ccc(NC(=O)[C@@]2(OCC)CCC[C@@H](C)C2)c(C)n1. The maximum Gasteiger partial charge on any atom is 0.256 e. The summed E-state index contributed by atoms with van der Waals surface area (Å²) in [6.07, 6.45) is 3.73. The van der Waals surface area contributed by atoms with Crippen molar-refractivity contribution in [3.63, 3.8) is 0 Å². The summed E-state index contributed by atoms with van der Waals surface area (Å²) in [7, 11) is 0. The largest absolute Gasteiger partial charge is 0.478 e. The van der Waals surface area contributed by atoms with Crippen LogP contribution in [0.4, 0.5) is 5.69 Å². The van der Waals surface area contributed by atoms with Gasteiger partial charge in [-0.25, -0.2) is 4.98 Å². The van der Waals surface area contributed by atoms with E-state index in [0.717, 1.165) is 37.1 Å². The van der Waals surface area contributed by atoms with Crippen LogP contribution in [0, 0.1) is 12.8 Å². The normalized spacial score (nSPS) is 24.3. The van der Waals surface area contributed by atoms with E-state index in [4.69, 9.17) is 9.47 Å². The van der Waals surface area contributed by atoms with Crippen molar-refractivity contribution in [3.05, 3.63) is 17.8 Å². The molecule has 0 unspecified atom stereocenters. The molecule has 5 heteroatoms. The molecule has 1 heterocycles. The fourth-order valence-corrected chi connectivity index (χ4v) is 3.32. The van der Waals surface area contributed by atoms with E-state index >= 15 is 0 Å². The molecule has 0 spiro atoms. The summed E-state index contributed by atoms with van der Waals surface area (Å²) < 4.78 is 11.3. The van der Waals surface area contributed by atoms with Crippen LogP contribution in [0.5, 0.6) is 5.88 Å². The number of amides is 1. The van der Waals surface area contributed by atoms with Crippen LogP contribution >= 0.6 is 0 Å². The predicted molar refractivity (Wildman–Crippen MR) is 90.8 cm³/mol. The van der Waals surface area contributed by atoms with Crippen molar-refractivity contribution in [2.24, 2.45) is 5.92 Å². The lowest BCUT2D eigenvalue weighted by molar-refractivity contribution is -0.147. The number of ether oxygens (including phenoxy) is 2. The van der Waals surface area contributed by atoms with Crippen molar-refractivity contribution in [1.82, 2.24) is 4.98 Å². The van der Waals surface area contributed by atoms with E-state index in [9.17, 15) is 4.79 Å². The number of pyridine rings is 1. The van der Waals surface area contributed by atoms with Gasteiger partial charge in [-0.2, -0.15) is 0 Å². The van der Waals surface area contributed by atoms with Gasteiger partial charge >= 0.3 is 0 Å². The second-order valence-corrected chi connectivity index (χ2v) is 6.30. The van der Waals surface area contributed by atoms with Crippen molar-refractivity contribution in [1.29, 1.82) is 0 Å². The Kier molecular flexibility index (Phi) is 5.99. The summed E-state index contributed by atoms with van der Waals surface area (Å²) in [6, 6.07) is 3.63. The van der Waals surface area contributed by atoms with Crippen LogP contribution in [0.2, 0.25) is 0 Å². The molecule has 0 aromatic carbocycles. The van der Waals surface area contributed by atoms with Gasteiger partial charge in [0.25, 0.3) is 5.91 Å². The molecule has 1 amide bonds. The number of carbonyl (C=O) groups is 1. The summed E-state index contributed by atoms with van der Waals surface area (Å²) in [5.74, 6) is 1.02. The molecule has 5 nitrogen and oxygen atoms in total. The molecular formula is C18H28N2O3. The van der Waals surface area contributed by atoms with Gasteiger partial charge in [-0.1, -0.05) is 13.3 Å². The van der Waals surface area contributed by atoms with Gasteiger partial charge in [0.05, 0.1) is 18.0 Å². The Morgan fingerprint density at radius 1 is 1.39 bits per heavy atom. The topological polar surface area (TPSA) is 60.5 Å². The third-order valence-corrected chi connectivity index (χ3v) is 4.39. The van der Waals surface area contributed by atoms with Gasteiger partial charge in [0, 0.05) is 12.7 Å². The average Bonchev–Trinajstić information content (AvgIpc) is 2.50. The van der Waals surface area contributed by atoms with Gasteiger partial charge < -0.3 is 14.8 Å². The number of nitrogens with one attached hydrogen (secondary N) is 1. The van der Waals surface area contributed by atoms with Crippen LogP contribution in [0.25, 0.3) is 0 Å². The van der Waals surface area contributed by atoms with E-state index in [1.807, 2.05) is 26.8 Å². The number of aryl methyl sites for hydroxylation is 1. The first kappa shape index (κ1) is 17.7. The Morgan fingerprint density at radius 2 is 2.17 bits per heavy atom. The number of hydrogen-bond donors (Lipinski definition) is 1. The summed E-state index contributed by atoms with van der Waals surface area (Å²) in [5.41, 5.74) is 0.757. The quantitative estimate of drug-likeness (QED) is 0.868. The summed E-state index contributed by atoms with van der Waals surface area (Å²) in [5, 5.41) is 3.01. The van der Waals surface area contributed by atoms with E-state index < -0.39 is 5.60 Å². The molecule has 2 rings (SSSR count). The monoisotopic (exact) mass is 320 g/mol. The van der Waals surface area contributed by atoms with E-state index in [1.54, 1.807) is 6.07 Å². The minimum absolute atomic E-state index is 0.0556. The first-order valence-electron chi connectivity index (χ1n) is 8.56. The molecule has 0 aliphatic heterocycles. The third kappa shape index (κ3) is 4.22. The number of anilines is 1. The maximum atomic E-state index is 12.9. The van der Waals surface area contributed by atoms with Gasteiger partial charge in [0.15, 0.2) is 0 Å².